The molecule has 0 atom stereocenters. The second-order valence-corrected chi connectivity index (χ2v) is 6.64. The second kappa shape index (κ2) is 6.42. The van der Waals surface area contributed by atoms with E-state index in [0.29, 0.717) is 5.92 Å². The van der Waals surface area contributed by atoms with E-state index in [1.807, 2.05) is 0 Å². The van der Waals surface area contributed by atoms with Crippen molar-refractivity contribution in [1.29, 1.82) is 0 Å². The molecule has 0 aromatic heterocycles. The first-order chi connectivity index (χ1) is 7.91. The Labute approximate surface area is 108 Å². The maximum absolute atomic E-state index is 2.50. The summed E-state index contributed by atoms with van der Waals surface area (Å²) in [4.78, 5) is 0. The Balaban J connectivity index is 2.97. The minimum Gasteiger partial charge on any atom is -0.0807 e. The van der Waals surface area contributed by atoms with Crippen molar-refractivity contribution in [3.05, 3.63) is 22.8 Å². The van der Waals surface area contributed by atoms with E-state index in [4.69, 9.17) is 0 Å². The molecule has 0 radical (unpaired) electrons. The summed E-state index contributed by atoms with van der Waals surface area (Å²) in [6.07, 6.45) is 7.62. The maximum Gasteiger partial charge on any atom is -0.0217 e. The van der Waals surface area contributed by atoms with Crippen LogP contribution in [0.15, 0.2) is 22.8 Å². The summed E-state index contributed by atoms with van der Waals surface area (Å²) in [6, 6.07) is 0. The van der Waals surface area contributed by atoms with Gasteiger partial charge in [-0.1, -0.05) is 53.2 Å². The van der Waals surface area contributed by atoms with E-state index in [0.717, 1.165) is 11.8 Å². The van der Waals surface area contributed by atoms with Crippen LogP contribution in [0, 0.1) is 17.8 Å². The lowest BCUT2D eigenvalue weighted by Crippen LogP contribution is -2.10. The van der Waals surface area contributed by atoms with Crippen molar-refractivity contribution in [3.8, 4) is 0 Å². The molecule has 0 saturated heterocycles. The van der Waals surface area contributed by atoms with Gasteiger partial charge in [0.2, 0.25) is 0 Å². The van der Waals surface area contributed by atoms with E-state index in [2.05, 4.69) is 47.6 Å². The fourth-order valence-electron chi connectivity index (χ4n) is 3.01. The van der Waals surface area contributed by atoms with Crippen molar-refractivity contribution in [1.82, 2.24) is 0 Å². The zero-order valence-corrected chi connectivity index (χ0v) is 12.6. The van der Waals surface area contributed by atoms with Crippen LogP contribution in [0.25, 0.3) is 0 Å². The molecule has 0 aliphatic heterocycles. The summed E-state index contributed by atoms with van der Waals surface area (Å²) in [6.45, 7) is 14.0. The molecule has 1 rings (SSSR count). The highest BCUT2D eigenvalue weighted by atomic mass is 14.2. The molecule has 0 aromatic rings. The highest BCUT2D eigenvalue weighted by Gasteiger charge is 2.19. The fourth-order valence-corrected chi connectivity index (χ4v) is 3.01. The quantitative estimate of drug-likeness (QED) is 0.568. The van der Waals surface area contributed by atoms with E-state index in [-0.39, 0.29) is 0 Å². The zero-order chi connectivity index (χ0) is 13.0. The Morgan fingerprint density at radius 3 is 2.00 bits per heavy atom. The predicted octanol–water partition coefficient (Wildman–Crippen LogP) is 5.75. The van der Waals surface area contributed by atoms with Gasteiger partial charge in [0.1, 0.15) is 0 Å². The molecular formula is C17H30. The third-order valence-electron chi connectivity index (χ3n) is 3.42. The molecule has 0 unspecified atom stereocenters. The van der Waals surface area contributed by atoms with E-state index in [1.54, 1.807) is 16.7 Å². The summed E-state index contributed by atoms with van der Waals surface area (Å²) in [5.74, 6) is 2.25. The molecule has 98 valence electrons. The number of rotatable bonds is 5. The van der Waals surface area contributed by atoms with Crippen LogP contribution in [0.3, 0.4) is 0 Å². The Morgan fingerprint density at radius 2 is 1.53 bits per heavy atom. The molecular weight excluding hydrogens is 204 g/mol. The summed E-state index contributed by atoms with van der Waals surface area (Å²) >= 11 is 0. The lowest BCUT2D eigenvalue weighted by Gasteiger charge is -2.27. The summed E-state index contributed by atoms with van der Waals surface area (Å²) in [7, 11) is 0. The van der Waals surface area contributed by atoms with Gasteiger partial charge in [-0.15, -0.1) is 0 Å². The first-order valence-electron chi connectivity index (χ1n) is 7.33. The van der Waals surface area contributed by atoms with Gasteiger partial charge in [0.05, 0.1) is 0 Å². The van der Waals surface area contributed by atoms with Crippen molar-refractivity contribution < 1.29 is 0 Å². The van der Waals surface area contributed by atoms with Gasteiger partial charge in [0.25, 0.3) is 0 Å². The van der Waals surface area contributed by atoms with Crippen LogP contribution in [0.4, 0.5) is 0 Å². The van der Waals surface area contributed by atoms with Gasteiger partial charge < -0.3 is 0 Å². The largest absolute Gasteiger partial charge is 0.0807 e. The van der Waals surface area contributed by atoms with Crippen molar-refractivity contribution in [2.24, 2.45) is 17.8 Å². The number of allylic oxidation sites excluding steroid dienone is 4. The highest BCUT2D eigenvalue weighted by molar-refractivity contribution is 5.40. The summed E-state index contributed by atoms with van der Waals surface area (Å²) in [5, 5.41) is 0. The average molecular weight is 234 g/mol. The van der Waals surface area contributed by atoms with Crippen molar-refractivity contribution in [2.75, 3.05) is 0 Å². The third-order valence-corrected chi connectivity index (χ3v) is 3.42. The summed E-state index contributed by atoms with van der Waals surface area (Å²) in [5.41, 5.74) is 5.09. The maximum atomic E-state index is 2.50. The molecule has 0 fully saturated rings. The molecule has 0 N–H and O–H groups in total. The van der Waals surface area contributed by atoms with E-state index < -0.39 is 0 Å². The van der Waals surface area contributed by atoms with E-state index in [9.17, 15) is 0 Å². The molecule has 0 nitrogen and oxygen atoms in total. The minimum atomic E-state index is 0.689. The molecule has 0 spiro atoms. The van der Waals surface area contributed by atoms with Crippen LogP contribution in [0.1, 0.15) is 67.2 Å². The predicted molar refractivity (Wildman–Crippen MR) is 78.1 cm³/mol. The van der Waals surface area contributed by atoms with Gasteiger partial charge >= 0.3 is 0 Å². The SMILES string of the molecule is CC(C)CC1=CCCC(CC(C)C)=C1C(C)C. The van der Waals surface area contributed by atoms with Gasteiger partial charge in [-0.3, -0.25) is 0 Å². The Kier molecular flexibility index (Phi) is 5.49. The smallest absolute Gasteiger partial charge is 0.0217 e. The van der Waals surface area contributed by atoms with Gasteiger partial charge in [-0.25, -0.2) is 0 Å². The fraction of sp³-hybridized carbons (Fsp3) is 0.765. The van der Waals surface area contributed by atoms with Crippen LogP contribution in [-0.4, -0.2) is 0 Å². The van der Waals surface area contributed by atoms with Gasteiger partial charge in [0, 0.05) is 0 Å². The van der Waals surface area contributed by atoms with Gasteiger partial charge in [-0.05, 0) is 54.6 Å². The molecule has 0 saturated carbocycles. The van der Waals surface area contributed by atoms with Crippen LogP contribution in [-0.2, 0) is 0 Å². The van der Waals surface area contributed by atoms with Gasteiger partial charge in [-0.2, -0.15) is 0 Å². The molecule has 17 heavy (non-hydrogen) atoms. The Bertz CT molecular complexity index is 300. The van der Waals surface area contributed by atoms with Crippen LogP contribution in [0.2, 0.25) is 0 Å². The highest BCUT2D eigenvalue weighted by Crippen LogP contribution is 2.36. The first kappa shape index (κ1) is 14.5. The molecule has 0 heterocycles. The normalized spacial score (nSPS) is 17.4. The third kappa shape index (κ3) is 4.33. The van der Waals surface area contributed by atoms with Gasteiger partial charge in [0.15, 0.2) is 0 Å². The standard InChI is InChI=1S/C17H30/c1-12(2)10-15-8-7-9-16(11-13(3)4)17(15)14(5)6/h8,12-14H,7,9-11H2,1-6H3. The molecule has 1 aliphatic rings. The van der Waals surface area contributed by atoms with Crippen molar-refractivity contribution >= 4 is 0 Å². The first-order valence-corrected chi connectivity index (χ1v) is 7.33. The van der Waals surface area contributed by atoms with Crippen LogP contribution >= 0.6 is 0 Å². The summed E-state index contributed by atoms with van der Waals surface area (Å²) < 4.78 is 0. The Morgan fingerprint density at radius 1 is 0.941 bits per heavy atom. The monoisotopic (exact) mass is 234 g/mol. The van der Waals surface area contributed by atoms with Crippen molar-refractivity contribution in [2.45, 2.75) is 67.2 Å². The molecule has 0 amide bonds. The Hall–Kier alpha value is -0.520. The van der Waals surface area contributed by atoms with Crippen molar-refractivity contribution in [3.63, 3.8) is 0 Å². The zero-order valence-electron chi connectivity index (χ0n) is 12.6. The molecule has 1 aliphatic carbocycles. The lowest BCUT2D eigenvalue weighted by atomic mass is 9.79. The van der Waals surface area contributed by atoms with E-state index >= 15 is 0 Å². The molecule has 0 aromatic carbocycles. The molecule has 0 bridgehead atoms. The average Bonchev–Trinajstić information content (AvgIpc) is 2.14. The van der Waals surface area contributed by atoms with Crippen LogP contribution < -0.4 is 0 Å². The number of hydrogen-bond acceptors (Lipinski definition) is 0. The topological polar surface area (TPSA) is 0 Å². The second-order valence-electron chi connectivity index (χ2n) is 6.64. The number of hydrogen-bond donors (Lipinski definition) is 0. The van der Waals surface area contributed by atoms with Crippen LogP contribution in [0.5, 0.6) is 0 Å². The molecule has 0 heteroatoms. The minimum absolute atomic E-state index is 0.689. The van der Waals surface area contributed by atoms with E-state index in [1.165, 1.54) is 25.7 Å². The lowest BCUT2D eigenvalue weighted by molar-refractivity contribution is 0.582.